The molecule has 0 aromatic heterocycles. The predicted octanol–water partition coefficient (Wildman–Crippen LogP) is 1.64. The summed E-state index contributed by atoms with van der Waals surface area (Å²) >= 11 is 0. The Hall–Kier alpha value is -4.47. The summed E-state index contributed by atoms with van der Waals surface area (Å²) in [5.74, 6) is -3.95. The number of amides is 1. The van der Waals surface area contributed by atoms with Crippen molar-refractivity contribution in [2.24, 2.45) is 5.73 Å². The number of rotatable bonds is 9. The maximum Gasteiger partial charge on any atom is 0.343 e. The summed E-state index contributed by atoms with van der Waals surface area (Å²) in [6.07, 6.45) is 0.716. The zero-order valence-corrected chi connectivity index (χ0v) is 17.0. The van der Waals surface area contributed by atoms with E-state index in [1.807, 2.05) is 0 Å². The van der Waals surface area contributed by atoms with Gasteiger partial charge in [-0.25, -0.2) is 9.59 Å². The van der Waals surface area contributed by atoms with Crippen LogP contribution in [0.1, 0.15) is 34.8 Å². The van der Waals surface area contributed by atoms with Gasteiger partial charge in [-0.15, -0.1) is 0 Å². The van der Waals surface area contributed by atoms with Gasteiger partial charge in [0.25, 0.3) is 0 Å². The van der Waals surface area contributed by atoms with Crippen LogP contribution in [-0.4, -0.2) is 45.9 Å². The van der Waals surface area contributed by atoms with Crippen molar-refractivity contribution >= 4 is 35.7 Å². The van der Waals surface area contributed by atoms with Gasteiger partial charge in [0.2, 0.25) is 5.91 Å². The maximum absolute atomic E-state index is 12.3. The van der Waals surface area contributed by atoms with Crippen molar-refractivity contribution in [3.8, 4) is 5.75 Å². The van der Waals surface area contributed by atoms with Gasteiger partial charge in [-0.05, 0) is 55.0 Å². The summed E-state index contributed by atoms with van der Waals surface area (Å²) in [7, 11) is 0. The van der Waals surface area contributed by atoms with E-state index in [1.54, 1.807) is 24.3 Å². The average Bonchev–Trinajstić information content (AvgIpc) is 2.73. The molecule has 0 bridgehead atoms. The van der Waals surface area contributed by atoms with Gasteiger partial charge in [0, 0.05) is 11.1 Å². The molecule has 2 aromatic rings. The van der Waals surface area contributed by atoms with Crippen LogP contribution in [0.15, 0.2) is 54.1 Å². The van der Waals surface area contributed by atoms with Crippen molar-refractivity contribution in [2.75, 3.05) is 0 Å². The zero-order chi connectivity index (χ0) is 23.8. The summed E-state index contributed by atoms with van der Waals surface area (Å²) < 4.78 is 5.26. The van der Waals surface area contributed by atoms with E-state index >= 15 is 0 Å². The van der Waals surface area contributed by atoms with Gasteiger partial charge in [-0.3, -0.25) is 15.0 Å². The Balaban J connectivity index is 2.03. The second kappa shape index (κ2) is 10.5. The van der Waals surface area contributed by atoms with Crippen molar-refractivity contribution < 1.29 is 34.1 Å². The molecule has 2 aromatic carbocycles. The fourth-order valence-corrected chi connectivity index (χ4v) is 2.55. The van der Waals surface area contributed by atoms with Crippen LogP contribution in [-0.2, 0) is 14.4 Å². The Kier molecular flexibility index (Phi) is 7.83. The van der Waals surface area contributed by atoms with E-state index < -0.39 is 36.3 Å². The van der Waals surface area contributed by atoms with Crippen molar-refractivity contribution in [2.45, 2.75) is 19.4 Å². The summed E-state index contributed by atoms with van der Waals surface area (Å²) in [4.78, 5) is 46.2. The van der Waals surface area contributed by atoms with Crippen molar-refractivity contribution in [1.82, 2.24) is 5.32 Å². The Bertz CT molecular complexity index is 1070. The minimum absolute atomic E-state index is 0.101. The third kappa shape index (κ3) is 6.80. The number of ether oxygens (including phenoxy) is 1. The lowest BCUT2D eigenvalue weighted by molar-refractivity contribution is -0.146. The highest BCUT2D eigenvalue weighted by molar-refractivity contribution is 6.00. The standard InChI is InChI=1S/C22H21N3O7/c1-12(20(28)25-17(21(29)30)11-18(26)27)10-13-2-4-15(5-3-13)22(31)32-16-8-6-14(7-9-16)19(23)24/h2-10,17H,11H2,1H3,(H3,23,24)(H,25,28)(H,26,27)(H,29,30)/t17-/m0/s1. The van der Waals surface area contributed by atoms with Crippen molar-refractivity contribution in [3.05, 3.63) is 70.8 Å². The van der Waals surface area contributed by atoms with Crippen LogP contribution in [0, 0.1) is 5.41 Å². The number of benzene rings is 2. The molecule has 1 amide bonds. The van der Waals surface area contributed by atoms with Gasteiger partial charge >= 0.3 is 17.9 Å². The first-order valence-electron chi connectivity index (χ1n) is 9.27. The third-order valence-electron chi connectivity index (χ3n) is 4.25. The lowest BCUT2D eigenvalue weighted by Gasteiger charge is -2.12. The molecule has 0 spiro atoms. The summed E-state index contributed by atoms with van der Waals surface area (Å²) in [5.41, 5.74) is 6.85. The first-order chi connectivity index (χ1) is 15.1. The molecule has 0 aliphatic heterocycles. The van der Waals surface area contributed by atoms with Gasteiger partial charge in [0.1, 0.15) is 17.6 Å². The number of nitrogens with one attached hydrogen (secondary N) is 2. The molecule has 1 atom stereocenters. The summed E-state index contributed by atoms with van der Waals surface area (Å²) in [6, 6.07) is 10.7. The van der Waals surface area contributed by atoms with E-state index in [2.05, 4.69) is 5.32 Å². The molecule has 0 aliphatic rings. The van der Waals surface area contributed by atoms with E-state index in [0.717, 1.165) is 0 Å². The molecule has 0 fully saturated rings. The molecule has 0 saturated carbocycles. The molecular weight excluding hydrogens is 418 g/mol. The molecular formula is C22H21N3O7. The second-order valence-corrected chi connectivity index (χ2v) is 6.74. The number of amidine groups is 1. The highest BCUT2D eigenvalue weighted by Crippen LogP contribution is 2.15. The first kappa shape index (κ1) is 23.8. The van der Waals surface area contributed by atoms with Gasteiger partial charge < -0.3 is 26.0 Å². The van der Waals surface area contributed by atoms with Crippen LogP contribution in [0.4, 0.5) is 0 Å². The average molecular weight is 439 g/mol. The Morgan fingerprint density at radius 1 is 1.03 bits per heavy atom. The number of nitrogens with two attached hydrogens (primary N) is 1. The van der Waals surface area contributed by atoms with E-state index in [-0.39, 0.29) is 22.7 Å². The molecule has 166 valence electrons. The van der Waals surface area contributed by atoms with E-state index in [4.69, 9.17) is 26.1 Å². The van der Waals surface area contributed by atoms with Gasteiger partial charge in [0.05, 0.1) is 12.0 Å². The fraction of sp³-hybridized carbons (Fsp3) is 0.136. The van der Waals surface area contributed by atoms with Crippen LogP contribution in [0.3, 0.4) is 0 Å². The molecule has 2 rings (SSSR count). The number of carbonyl (C=O) groups is 4. The first-order valence-corrected chi connectivity index (χ1v) is 9.27. The normalized spacial score (nSPS) is 11.8. The molecule has 10 nitrogen and oxygen atoms in total. The van der Waals surface area contributed by atoms with Crippen LogP contribution in [0.2, 0.25) is 0 Å². The van der Waals surface area contributed by atoms with Gasteiger partial charge in [-0.1, -0.05) is 12.1 Å². The second-order valence-electron chi connectivity index (χ2n) is 6.74. The molecule has 0 saturated heterocycles. The maximum atomic E-state index is 12.3. The molecule has 0 unspecified atom stereocenters. The van der Waals surface area contributed by atoms with Gasteiger partial charge in [0.15, 0.2) is 0 Å². The van der Waals surface area contributed by atoms with Crippen LogP contribution >= 0.6 is 0 Å². The number of carboxylic acid groups (broad SMARTS) is 2. The topological polar surface area (TPSA) is 180 Å². The number of carboxylic acids is 2. The smallest absolute Gasteiger partial charge is 0.343 e. The lowest BCUT2D eigenvalue weighted by atomic mass is 10.1. The number of hydrogen-bond acceptors (Lipinski definition) is 6. The van der Waals surface area contributed by atoms with Crippen LogP contribution in [0.5, 0.6) is 5.75 Å². The lowest BCUT2D eigenvalue weighted by Crippen LogP contribution is -2.42. The minimum atomic E-state index is -1.55. The quantitative estimate of drug-likeness (QED) is 0.128. The molecule has 0 aliphatic carbocycles. The van der Waals surface area contributed by atoms with Crippen molar-refractivity contribution in [3.63, 3.8) is 0 Å². The number of aliphatic carboxylic acids is 2. The van der Waals surface area contributed by atoms with Gasteiger partial charge in [-0.2, -0.15) is 0 Å². The molecule has 32 heavy (non-hydrogen) atoms. The Labute approximate surface area is 182 Å². The van der Waals surface area contributed by atoms with E-state index in [0.29, 0.717) is 11.1 Å². The monoisotopic (exact) mass is 439 g/mol. The van der Waals surface area contributed by atoms with Crippen LogP contribution in [0.25, 0.3) is 6.08 Å². The highest BCUT2D eigenvalue weighted by Gasteiger charge is 2.23. The van der Waals surface area contributed by atoms with E-state index in [1.165, 1.54) is 37.3 Å². The summed E-state index contributed by atoms with van der Waals surface area (Å²) in [6.45, 7) is 1.45. The molecule has 10 heteroatoms. The zero-order valence-electron chi connectivity index (χ0n) is 17.0. The number of hydrogen-bond donors (Lipinski definition) is 5. The third-order valence-corrected chi connectivity index (χ3v) is 4.25. The SMILES string of the molecule is CC(=Cc1ccc(C(=O)Oc2ccc(C(=N)N)cc2)cc1)C(=O)N[C@@H](CC(=O)O)C(=O)O. The van der Waals surface area contributed by atoms with Crippen molar-refractivity contribution in [1.29, 1.82) is 5.41 Å². The molecule has 6 N–H and O–H groups in total. The fourth-order valence-electron chi connectivity index (χ4n) is 2.55. The molecule has 0 radical (unpaired) electrons. The largest absolute Gasteiger partial charge is 0.481 e. The minimum Gasteiger partial charge on any atom is -0.481 e. The highest BCUT2D eigenvalue weighted by atomic mass is 16.5. The Morgan fingerprint density at radius 3 is 2.09 bits per heavy atom. The number of carbonyl (C=O) groups excluding carboxylic acids is 2. The van der Waals surface area contributed by atoms with Crippen LogP contribution < -0.4 is 15.8 Å². The Morgan fingerprint density at radius 2 is 1.59 bits per heavy atom. The number of nitrogen functional groups attached to an aromatic ring is 1. The summed E-state index contributed by atoms with van der Waals surface area (Å²) in [5, 5.41) is 27.2. The predicted molar refractivity (Wildman–Crippen MR) is 114 cm³/mol. The number of esters is 1. The molecule has 0 heterocycles. The van der Waals surface area contributed by atoms with E-state index in [9.17, 15) is 19.2 Å².